The van der Waals surface area contributed by atoms with Crippen LogP contribution in [0.25, 0.3) is 0 Å². The van der Waals surface area contributed by atoms with E-state index in [9.17, 15) is 13.2 Å². The van der Waals surface area contributed by atoms with Crippen LogP contribution in [0.3, 0.4) is 0 Å². The topological polar surface area (TPSA) is 75.5 Å². The average molecular weight is 328 g/mol. The number of carbonyl (C=O) groups is 1. The highest BCUT2D eigenvalue weighted by molar-refractivity contribution is 7.89. The van der Waals surface area contributed by atoms with Gasteiger partial charge in [-0.3, -0.25) is 4.79 Å². The second-order valence-electron chi connectivity index (χ2n) is 6.67. The van der Waals surface area contributed by atoms with E-state index in [1.54, 1.807) is 30.4 Å². The standard InChI is InChI=1S/C14H24N4O3S/c1-11(2)8-17-9-12(15-10-17)22(20,21)18-7-6-16(5)13(19)14(18,3)4/h9-11H,6-8H2,1-5H3. The van der Waals surface area contributed by atoms with Gasteiger partial charge in [0.25, 0.3) is 10.0 Å². The number of rotatable bonds is 4. The van der Waals surface area contributed by atoms with E-state index < -0.39 is 15.6 Å². The third-order valence-electron chi connectivity index (χ3n) is 3.87. The SMILES string of the molecule is CC(C)Cn1cnc(S(=O)(=O)N2CCN(C)C(=O)C2(C)C)c1. The molecule has 2 rings (SSSR count). The Kier molecular flexibility index (Phi) is 4.36. The monoisotopic (exact) mass is 328 g/mol. The van der Waals surface area contributed by atoms with Crippen molar-refractivity contribution in [2.45, 2.75) is 44.8 Å². The Labute approximate surface area is 132 Å². The maximum Gasteiger partial charge on any atom is 0.263 e. The summed E-state index contributed by atoms with van der Waals surface area (Å²) in [5.41, 5.74) is -1.10. The van der Waals surface area contributed by atoms with Crippen molar-refractivity contribution in [3.63, 3.8) is 0 Å². The molecule has 0 aromatic carbocycles. The minimum atomic E-state index is -3.79. The molecule has 1 aliphatic rings. The smallest absolute Gasteiger partial charge is 0.263 e. The summed E-state index contributed by atoms with van der Waals surface area (Å²) >= 11 is 0. The fourth-order valence-corrected chi connectivity index (χ4v) is 4.40. The molecule has 1 aromatic rings. The summed E-state index contributed by atoms with van der Waals surface area (Å²) in [6.45, 7) is 8.73. The Bertz CT molecular complexity index is 663. The molecule has 0 spiro atoms. The first-order valence-electron chi connectivity index (χ1n) is 7.37. The van der Waals surface area contributed by atoms with E-state index in [1.165, 1.54) is 16.8 Å². The third-order valence-corrected chi connectivity index (χ3v) is 5.83. The van der Waals surface area contributed by atoms with E-state index >= 15 is 0 Å². The van der Waals surface area contributed by atoms with Crippen LogP contribution in [0.4, 0.5) is 0 Å². The third kappa shape index (κ3) is 2.89. The van der Waals surface area contributed by atoms with Crippen molar-refractivity contribution in [1.29, 1.82) is 0 Å². The van der Waals surface area contributed by atoms with Gasteiger partial charge < -0.3 is 9.47 Å². The van der Waals surface area contributed by atoms with E-state index in [0.717, 1.165) is 0 Å². The van der Waals surface area contributed by atoms with Gasteiger partial charge in [0.1, 0.15) is 5.54 Å². The summed E-state index contributed by atoms with van der Waals surface area (Å²) in [4.78, 5) is 17.9. The molecule has 7 nitrogen and oxygen atoms in total. The summed E-state index contributed by atoms with van der Waals surface area (Å²) in [5, 5.41) is -0.00132. The molecule has 0 aliphatic carbocycles. The van der Waals surface area contributed by atoms with E-state index in [4.69, 9.17) is 0 Å². The van der Waals surface area contributed by atoms with Crippen molar-refractivity contribution >= 4 is 15.9 Å². The first kappa shape index (κ1) is 17.0. The zero-order valence-electron chi connectivity index (χ0n) is 13.8. The molecule has 1 aliphatic heterocycles. The van der Waals surface area contributed by atoms with E-state index in [1.807, 2.05) is 0 Å². The Hall–Kier alpha value is -1.41. The lowest BCUT2D eigenvalue weighted by molar-refractivity contribution is -0.142. The van der Waals surface area contributed by atoms with Gasteiger partial charge in [0.05, 0.1) is 6.33 Å². The molecule has 0 unspecified atom stereocenters. The molecule has 0 N–H and O–H groups in total. The molecular weight excluding hydrogens is 304 g/mol. The summed E-state index contributed by atoms with van der Waals surface area (Å²) in [5.74, 6) is 0.190. The van der Waals surface area contributed by atoms with Gasteiger partial charge in [0.15, 0.2) is 5.03 Å². The van der Waals surface area contributed by atoms with Gasteiger partial charge in [0, 0.05) is 32.9 Å². The Balaban J connectivity index is 2.34. The largest absolute Gasteiger partial charge is 0.343 e. The molecular formula is C14H24N4O3S. The van der Waals surface area contributed by atoms with Gasteiger partial charge in [-0.2, -0.15) is 4.31 Å². The van der Waals surface area contributed by atoms with Crippen LogP contribution < -0.4 is 0 Å². The zero-order valence-corrected chi connectivity index (χ0v) is 14.6. The van der Waals surface area contributed by atoms with Gasteiger partial charge in [-0.15, -0.1) is 0 Å². The van der Waals surface area contributed by atoms with E-state index in [0.29, 0.717) is 19.0 Å². The minimum Gasteiger partial charge on any atom is -0.343 e. The second kappa shape index (κ2) is 5.66. The molecule has 0 atom stereocenters. The number of aromatic nitrogens is 2. The number of piperazine rings is 1. The molecule has 1 aromatic heterocycles. The lowest BCUT2D eigenvalue weighted by atomic mass is 10.0. The van der Waals surface area contributed by atoms with Crippen LogP contribution in [0.5, 0.6) is 0 Å². The number of amides is 1. The molecule has 2 heterocycles. The summed E-state index contributed by atoms with van der Waals surface area (Å²) in [6, 6.07) is 0. The number of likely N-dealkylation sites (N-methyl/N-ethyl adjacent to an activating group) is 1. The first-order valence-corrected chi connectivity index (χ1v) is 8.81. The number of imidazole rings is 1. The molecule has 0 bridgehead atoms. The predicted octanol–water partition coefficient (Wildman–Crippen LogP) is 0.780. The Morgan fingerprint density at radius 2 is 1.95 bits per heavy atom. The highest BCUT2D eigenvalue weighted by Crippen LogP contribution is 2.28. The summed E-state index contributed by atoms with van der Waals surface area (Å²) in [6.07, 6.45) is 3.06. The van der Waals surface area contributed by atoms with Gasteiger partial charge in [0.2, 0.25) is 5.91 Å². The van der Waals surface area contributed by atoms with Crippen molar-refractivity contribution < 1.29 is 13.2 Å². The van der Waals surface area contributed by atoms with Crippen molar-refractivity contribution in [2.75, 3.05) is 20.1 Å². The number of hydrogen-bond acceptors (Lipinski definition) is 4. The number of carbonyl (C=O) groups excluding carboxylic acids is 1. The minimum absolute atomic E-state index is 0.00132. The molecule has 8 heteroatoms. The lowest BCUT2D eigenvalue weighted by Crippen LogP contribution is -2.63. The van der Waals surface area contributed by atoms with Crippen LogP contribution in [-0.4, -0.2) is 58.8 Å². The van der Waals surface area contributed by atoms with Crippen LogP contribution in [0, 0.1) is 5.92 Å². The Morgan fingerprint density at radius 1 is 1.32 bits per heavy atom. The maximum absolute atomic E-state index is 12.8. The number of nitrogens with zero attached hydrogens (tertiary/aromatic N) is 4. The fourth-order valence-electron chi connectivity index (χ4n) is 2.72. The zero-order chi connectivity index (χ0) is 16.7. The predicted molar refractivity (Wildman–Crippen MR) is 82.7 cm³/mol. The molecule has 22 heavy (non-hydrogen) atoms. The van der Waals surface area contributed by atoms with Crippen molar-refractivity contribution in [3.05, 3.63) is 12.5 Å². The molecule has 0 radical (unpaired) electrons. The highest BCUT2D eigenvalue weighted by Gasteiger charge is 2.47. The molecule has 1 saturated heterocycles. The maximum atomic E-state index is 12.8. The first-order chi connectivity index (χ1) is 10.1. The molecule has 124 valence electrons. The average Bonchev–Trinajstić information content (AvgIpc) is 2.84. The number of hydrogen-bond donors (Lipinski definition) is 0. The summed E-state index contributed by atoms with van der Waals surface area (Å²) < 4.78 is 28.7. The van der Waals surface area contributed by atoms with E-state index in [2.05, 4.69) is 18.8 Å². The van der Waals surface area contributed by atoms with Crippen molar-refractivity contribution in [2.24, 2.45) is 5.92 Å². The molecule has 1 amide bonds. The van der Waals surface area contributed by atoms with Crippen molar-refractivity contribution in [3.8, 4) is 0 Å². The van der Waals surface area contributed by atoms with Crippen LogP contribution >= 0.6 is 0 Å². The van der Waals surface area contributed by atoms with Crippen LogP contribution in [0.15, 0.2) is 17.6 Å². The Morgan fingerprint density at radius 3 is 2.55 bits per heavy atom. The van der Waals surface area contributed by atoms with Crippen LogP contribution in [-0.2, 0) is 21.4 Å². The lowest BCUT2D eigenvalue weighted by Gasteiger charge is -2.43. The molecule has 0 saturated carbocycles. The quantitative estimate of drug-likeness (QED) is 0.818. The fraction of sp³-hybridized carbons (Fsp3) is 0.714. The normalized spacial score (nSPS) is 19.9. The molecule has 1 fully saturated rings. The van der Waals surface area contributed by atoms with Gasteiger partial charge >= 0.3 is 0 Å². The second-order valence-corrected chi connectivity index (χ2v) is 8.47. The van der Waals surface area contributed by atoms with Crippen molar-refractivity contribution in [1.82, 2.24) is 18.8 Å². The summed E-state index contributed by atoms with van der Waals surface area (Å²) in [7, 11) is -2.10. The van der Waals surface area contributed by atoms with Gasteiger partial charge in [-0.25, -0.2) is 13.4 Å². The number of sulfonamides is 1. The van der Waals surface area contributed by atoms with Crippen LogP contribution in [0.2, 0.25) is 0 Å². The van der Waals surface area contributed by atoms with E-state index in [-0.39, 0.29) is 17.5 Å². The van der Waals surface area contributed by atoms with Gasteiger partial charge in [-0.1, -0.05) is 13.8 Å². The van der Waals surface area contributed by atoms with Gasteiger partial charge in [-0.05, 0) is 19.8 Å². The highest BCUT2D eigenvalue weighted by atomic mass is 32.2. The van der Waals surface area contributed by atoms with Crippen LogP contribution in [0.1, 0.15) is 27.7 Å².